The van der Waals surface area contributed by atoms with Crippen LogP contribution in [0.1, 0.15) is 9.88 Å². The largest absolute Gasteiger partial charge is 0.490 e. The molecule has 1 amide bonds. The average molecular weight is 435 g/mol. The highest BCUT2D eigenvalue weighted by Crippen LogP contribution is 2.36. The second kappa shape index (κ2) is 7.31. The van der Waals surface area contributed by atoms with E-state index in [1.54, 1.807) is 22.3 Å². The number of hydrogen-bond donors (Lipinski definition) is 0. The van der Waals surface area contributed by atoms with Crippen LogP contribution in [-0.2, 0) is 21.1 Å². The van der Waals surface area contributed by atoms with E-state index in [-0.39, 0.29) is 17.2 Å². The van der Waals surface area contributed by atoms with Gasteiger partial charge in [0, 0.05) is 11.1 Å². The number of sulfone groups is 1. The highest BCUT2D eigenvalue weighted by atomic mass is 32.2. The predicted molar refractivity (Wildman–Crippen MR) is 111 cm³/mol. The fraction of sp³-hybridized carbons (Fsp3) is 0.263. The fourth-order valence-corrected chi connectivity index (χ4v) is 5.50. The quantitative estimate of drug-likeness (QED) is 0.628. The van der Waals surface area contributed by atoms with Crippen LogP contribution in [0.3, 0.4) is 0 Å². The number of thiazole rings is 1. The summed E-state index contributed by atoms with van der Waals surface area (Å²) in [7, 11) is -3.38. The Bertz CT molecular complexity index is 1130. The van der Waals surface area contributed by atoms with E-state index >= 15 is 0 Å². The molecule has 3 heterocycles. The summed E-state index contributed by atoms with van der Waals surface area (Å²) in [6.45, 7) is 2.68. The molecule has 1 aromatic carbocycles. The Morgan fingerprint density at radius 2 is 2.14 bits per heavy atom. The smallest absolute Gasteiger partial charge is 0.232 e. The van der Waals surface area contributed by atoms with E-state index in [1.807, 2.05) is 24.4 Å². The van der Waals surface area contributed by atoms with Gasteiger partial charge in [0.15, 0.2) is 9.84 Å². The van der Waals surface area contributed by atoms with Crippen LogP contribution in [0.4, 0.5) is 5.69 Å². The molecule has 2 aromatic heterocycles. The molecule has 6 nitrogen and oxygen atoms in total. The van der Waals surface area contributed by atoms with Crippen LogP contribution in [0, 0.1) is 6.92 Å². The SMILES string of the molecule is Cc1nc(-c2cccs2)c(CC(=O)N2CCOc3ccc(S(C)(=O)=O)cc32)s1. The van der Waals surface area contributed by atoms with Gasteiger partial charge in [0.05, 0.1) is 39.1 Å². The fourth-order valence-electron chi connectivity index (χ4n) is 3.11. The maximum absolute atomic E-state index is 13.1. The molecule has 0 N–H and O–H groups in total. The van der Waals surface area contributed by atoms with Gasteiger partial charge in [-0.05, 0) is 36.6 Å². The molecule has 146 valence electrons. The van der Waals surface area contributed by atoms with Gasteiger partial charge in [-0.2, -0.15) is 0 Å². The van der Waals surface area contributed by atoms with Crippen molar-refractivity contribution in [1.29, 1.82) is 0 Å². The van der Waals surface area contributed by atoms with Gasteiger partial charge in [-0.25, -0.2) is 13.4 Å². The molecule has 3 aromatic rings. The highest BCUT2D eigenvalue weighted by Gasteiger charge is 2.27. The number of ether oxygens (including phenoxy) is 1. The van der Waals surface area contributed by atoms with Gasteiger partial charge in [0.25, 0.3) is 0 Å². The van der Waals surface area contributed by atoms with E-state index < -0.39 is 9.84 Å². The molecule has 28 heavy (non-hydrogen) atoms. The van der Waals surface area contributed by atoms with Crippen LogP contribution in [0.25, 0.3) is 10.6 Å². The summed E-state index contributed by atoms with van der Waals surface area (Å²) in [6, 6.07) is 8.59. The maximum Gasteiger partial charge on any atom is 0.232 e. The third-order valence-electron chi connectivity index (χ3n) is 4.39. The minimum atomic E-state index is -3.38. The van der Waals surface area contributed by atoms with Crippen molar-refractivity contribution in [2.24, 2.45) is 0 Å². The Morgan fingerprint density at radius 1 is 1.32 bits per heavy atom. The van der Waals surface area contributed by atoms with Crippen molar-refractivity contribution >= 4 is 44.1 Å². The standard InChI is InChI=1S/C19H18N2O4S3/c1-12-20-19(16-4-3-9-26-16)17(27-12)11-18(22)21-7-8-25-15-6-5-13(10-14(15)21)28(2,23)24/h3-6,9-10H,7-8,11H2,1-2H3. The number of amides is 1. The molecule has 4 rings (SSSR count). The summed E-state index contributed by atoms with van der Waals surface area (Å²) in [6.07, 6.45) is 1.36. The van der Waals surface area contributed by atoms with Gasteiger partial charge in [-0.1, -0.05) is 6.07 Å². The molecule has 0 atom stereocenters. The minimum absolute atomic E-state index is 0.100. The number of anilines is 1. The molecule has 1 aliphatic rings. The van der Waals surface area contributed by atoms with E-state index in [9.17, 15) is 13.2 Å². The molecule has 9 heteroatoms. The lowest BCUT2D eigenvalue weighted by molar-refractivity contribution is -0.118. The van der Waals surface area contributed by atoms with Crippen LogP contribution in [-0.4, -0.2) is 38.7 Å². The van der Waals surface area contributed by atoms with E-state index in [4.69, 9.17) is 4.74 Å². The first-order chi connectivity index (χ1) is 13.3. The summed E-state index contributed by atoms with van der Waals surface area (Å²) in [5.41, 5.74) is 1.35. The normalized spacial score (nSPS) is 13.9. The number of thiophene rings is 1. The predicted octanol–water partition coefficient (Wildman–Crippen LogP) is 3.55. The van der Waals surface area contributed by atoms with Crippen molar-refractivity contribution in [2.75, 3.05) is 24.3 Å². The number of rotatable bonds is 4. The van der Waals surface area contributed by atoms with Gasteiger partial charge >= 0.3 is 0 Å². The number of carbonyl (C=O) groups excluding carboxylic acids is 1. The van der Waals surface area contributed by atoms with Crippen molar-refractivity contribution in [1.82, 2.24) is 4.98 Å². The van der Waals surface area contributed by atoms with Crippen molar-refractivity contribution < 1.29 is 17.9 Å². The van der Waals surface area contributed by atoms with Crippen LogP contribution < -0.4 is 9.64 Å². The number of nitrogens with zero attached hydrogens (tertiary/aromatic N) is 2. The monoisotopic (exact) mass is 434 g/mol. The molecule has 0 spiro atoms. The molecule has 0 radical (unpaired) electrons. The summed E-state index contributed by atoms with van der Waals surface area (Å²) in [5, 5.41) is 2.90. The molecule has 1 aliphatic heterocycles. The first kappa shape index (κ1) is 19.1. The van der Waals surface area contributed by atoms with Crippen molar-refractivity contribution in [3.63, 3.8) is 0 Å². The Labute approximate surface area is 171 Å². The van der Waals surface area contributed by atoms with E-state index in [0.29, 0.717) is 24.6 Å². The van der Waals surface area contributed by atoms with Gasteiger partial charge in [-0.15, -0.1) is 22.7 Å². The number of aryl methyl sites for hydroxylation is 1. The maximum atomic E-state index is 13.1. The summed E-state index contributed by atoms with van der Waals surface area (Å²) in [4.78, 5) is 21.5. The van der Waals surface area contributed by atoms with E-state index in [2.05, 4.69) is 4.98 Å². The summed E-state index contributed by atoms with van der Waals surface area (Å²) in [5.74, 6) is 0.419. The van der Waals surface area contributed by atoms with Gasteiger partial charge in [0.1, 0.15) is 12.4 Å². The third kappa shape index (κ3) is 3.69. The first-order valence-electron chi connectivity index (χ1n) is 8.60. The Morgan fingerprint density at radius 3 is 2.86 bits per heavy atom. The molecular weight excluding hydrogens is 416 g/mol. The van der Waals surface area contributed by atoms with E-state index in [1.165, 1.54) is 23.5 Å². The Balaban J connectivity index is 1.66. The van der Waals surface area contributed by atoms with Gasteiger partial charge in [-0.3, -0.25) is 4.79 Å². The molecule has 0 bridgehead atoms. The van der Waals surface area contributed by atoms with Crippen molar-refractivity contribution in [3.05, 3.63) is 45.6 Å². The highest BCUT2D eigenvalue weighted by molar-refractivity contribution is 7.90. The minimum Gasteiger partial charge on any atom is -0.490 e. The number of benzene rings is 1. The van der Waals surface area contributed by atoms with Crippen molar-refractivity contribution in [2.45, 2.75) is 18.2 Å². The van der Waals surface area contributed by atoms with E-state index in [0.717, 1.165) is 26.7 Å². The second-order valence-electron chi connectivity index (χ2n) is 6.45. The van der Waals surface area contributed by atoms with Crippen LogP contribution in [0.5, 0.6) is 5.75 Å². The number of hydrogen-bond acceptors (Lipinski definition) is 7. The Kier molecular flexibility index (Phi) is 4.98. The zero-order chi connectivity index (χ0) is 19.9. The zero-order valence-electron chi connectivity index (χ0n) is 15.3. The third-order valence-corrected chi connectivity index (χ3v) is 7.35. The zero-order valence-corrected chi connectivity index (χ0v) is 17.8. The number of carbonyl (C=O) groups is 1. The molecule has 0 aliphatic carbocycles. The number of fused-ring (bicyclic) bond motifs is 1. The first-order valence-corrected chi connectivity index (χ1v) is 12.2. The van der Waals surface area contributed by atoms with Crippen LogP contribution in [0.2, 0.25) is 0 Å². The van der Waals surface area contributed by atoms with Crippen molar-refractivity contribution in [3.8, 4) is 16.3 Å². The molecule has 0 unspecified atom stereocenters. The van der Waals surface area contributed by atoms with Crippen LogP contribution in [0.15, 0.2) is 40.6 Å². The molecule has 0 fully saturated rings. The summed E-state index contributed by atoms with van der Waals surface area (Å²) >= 11 is 3.11. The summed E-state index contributed by atoms with van der Waals surface area (Å²) < 4.78 is 29.4. The Hall–Kier alpha value is -2.23. The molecule has 0 saturated heterocycles. The molecular formula is C19H18N2O4S3. The lowest BCUT2D eigenvalue weighted by atomic mass is 10.2. The number of aromatic nitrogens is 1. The lowest BCUT2D eigenvalue weighted by Gasteiger charge is -2.30. The average Bonchev–Trinajstić information content (AvgIpc) is 3.29. The second-order valence-corrected chi connectivity index (χ2v) is 10.7. The van der Waals surface area contributed by atoms with Gasteiger partial charge in [0.2, 0.25) is 5.91 Å². The molecule has 0 saturated carbocycles. The van der Waals surface area contributed by atoms with Gasteiger partial charge < -0.3 is 9.64 Å². The lowest BCUT2D eigenvalue weighted by Crippen LogP contribution is -2.39. The topological polar surface area (TPSA) is 76.6 Å². The van der Waals surface area contributed by atoms with Crippen LogP contribution >= 0.6 is 22.7 Å².